The Kier molecular flexibility index (Phi) is 6.05. The molecule has 0 aliphatic heterocycles. The van der Waals surface area contributed by atoms with Crippen LogP contribution in [0.1, 0.15) is 35.2 Å². The number of hydrogen-bond donors (Lipinski definition) is 3. The summed E-state index contributed by atoms with van der Waals surface area (Å²) < 4.78 is 0. The van der Waals surface area contributed by atoms with Gasteiger partial charge in [0.25, 0.3) is 0 Å². The van der Waals surface area contributed by atoms with Crippen molar-refractivity contribution in [2.45, 2.75) is 17.8 Å². The van der Waals surface area contributed by atoms with Gasteiger partial charge in [-0.15, -0.1) is 19.7 Å². The van der Waals surface area contributed by atoms with Crippen LogP contribution in [0, 0.1) is 0 Å². The molecule has 0 aliphatic carbocycles. The van der Waals surface area contributed by atoms with Crippen molar-refractivity contribution in [1.82, 2.24) is 15.0 Å². The van der Waals surface area contributed by atoms with Crippen molar-refractivity contribution >= 4 is 17.9 Å². The predicted octanol–water partition coefficient (Wildman–Crippen LogP) is 0.934. The predicted molar refractivity (Wildman–Crippen MR) is 81.5 cm³/mol. The van der Waals surface area contributed by atoms with Crippen LogP contribution in [-0.2, 0) is 14.4 Å². The zero-order valence-corrected chi connectivity index (χ0v) is 12.5. The molecule has 0 fully saturated rings. The summed E-state index contributed by atoms with van der Waals surface area (Å²) in [4.78, 5) is 45.3. The van der Waals surface area contributed by atoms with Gasteiger partial charge in [0.05, 0.1) is 0 Å². The normalized spacial score (nSPS) is 14.0. The summed E-state index contributed by atoms with van der Waals surface area (Å²) in [6.45, 7) is 10.1. The van der Waals surface area contributed by atoms with Crippen LogP contribution in [0.2, 0.25) is 0 Å². The quantitative estimate of drug-likeness (QED) is 0.560. The van der Waals surface area contributed by atoms with Gasteiger partial charge >= 0.3 is 17.9 Å². The largest absolute Gasteiger partial charge is 0.480 e. The molecule has 0 saturated heterocycles. The van der Waals surface area contributed by atoms with Crippen LogP contribution in [0.4, 0.5) is 0 Å². The summed E-state index contributed by atoms with van der Waals surface area (Å²) in [5.41, 5.74) is 0. The Morgan fingerprint density at radius 3 is 1.00 bits per heavy atom. The fourth-order valence-corrected chi connectivity index (χ4v) is 1.79. The van der Waals surface area contributed by atoms with E-state index in [9.17, 15) is 29.7 Å². The Balaban J connectivity index is 3.66. The topological polar surface area (TPSA) is 151 Å². The Labute approximate surface area is 136 Å². The van der Waals surface area contributed by atoms with Crippen molar-refractivity contribution in [3.05, 3.63) is 55.4 Å². The monoisotopic (exact) mass is 333 g/mol. The highest BCUT2D eigenvalue weighted by Crippen LogP contribution is 2.22. The molecule has 126 valence electrons. The number of carbonyl (C=O) groups is 3. The van der Waals surface area contributed by atoms with Gasteiger partial charge in [-0.3, -0.25) is 14.4 Å². The van der Waals surface area contributed by atoms with Gasteiger partial charge in [-0.05, 0) is 0 Å². The summed E-state index contributed by atoms with van der Waals surface area (Å²) in [5.74, 6) is -9.02. The van der Waals surface area contributed by atoms with Gasteiger partial charge in [0.2, 0.25) is 0 Å². The maximum Gasteiger partial charge on any atom is 0.318 e. The number of hydrogen-bond acceptors (Lipinski definition) is 6. The van der Waals surface area contributed by atoms with Gasteiger partial charge in [-0.1, -0.05) is 18.2 Å². The average molecular weight is 333 g/mol. The van der Waals surface area contributed by atoms with Crippen LogP contribution in [0.15, 0.2) is 38.0 Å². The molecular formula is C15H15N3O6. The van der Waals surface area contributed by atoms with E-state index in [1.807, 2.05) is 0 Å². The minimum atomic E-state index is -1.36. The first-order valence-electron chi connectivity index (χ1n) is 6.58. The molecule has 3 atom stereocenters. The van der Waals surface area contributed by atoms with E-state index < -0.39 is 35.7 Å². The number of aromatic nitrogens is 3. The van der Waals surface area contributed by atoms with Gasteiger partial charge in [0, 0.05) is 0 Å². The Hall–Kier alpha value is -3.36. The molecular weight excluding hydrogens is 318 g/mol. The summed E-state index contributed by atoms with van der Waals surface area (Å²) in [7, 11) is 0. The molecule has 0 spiro atoms. The first-order chi connectivity index (χ1) is 11.3. The maximum atomic E-state index is 11.3. The highest BCUT2D eigenvalue weighted by Gasteiger charge is 2.29. The van der Waals surface area contributed by atoms with E-state index in [0.29, 0.717) is 0 Å². The summed E-state index contributed by atoms with van der Waals surface area (Å²) in [5, 5.41) is 27.5. The lowest BCUT2D eigenvalue weighted by molar-refractivity contribution is -0.138. The number of carboxylic acid groups (broad SMARTS) is 3. The molecule has 0 aromatic carbocycles. The Bertz CT molecular complexity index is 608. The van der Waals surface area contributed by atoms with Crippen molar-refractivity contribution in [2.24, 2.45) is 0 Å². The van der Waals surface area contributed by atoms with Crippen molar-refractivity contribution in [2.75, 3.05) is 0 Å². The van der Waals surface area contributed by atoms with Gasteiger partial charge in [-0.25, -0.2) is 15.0 Å². The lowest BCUT2D eigenvalue weighted by Gasteiger charge is -2.14. The molecule has 1 aromatic heterocycles. The van der Waals surface area contributed by atoms with Crippen LogP contribution >= 0.6 is 0 Å². The van der Waals surface area contributed by atoms with E-state index in [2.05, 4.69) is 34.7 Å². The number of rotatable bonds is 9. The second-order valence-electron chi connectivity index (χ2n) is 4.56. The van der Waals surface area contributed by atoms with E-state index in [1.54, 1.807) is 0 Å². The van der Waals surface area contributed by atoms with Gasteiger partial charge in [-0.2, -0.15) is 0 Å². The molecule has 24 heavy (non-hydrogen) atoms. The Morgan fingerprint density at radius 2 is 0.875 bits per heavy atom. The lowest BCUT2D eigenvalue weighted by atomic mass is 10.1. The standard InChI is InChI=1S/C15H15N3O6/c1-4-7(13(19)20)10-16-11(8(5-2)14(21)22)18-12(17-10)9(6-3)15(23)24/h4-9H,1-3H2,(H,19,20)(H,21,22)(H,23,24). The smallest absolute Gasteiger partial charge is 0.318 e. The van der Waals surface area contributed by atoms with Crippen LogP contribution in [0.25, 0.3) is 0 Å². The molecule has 0 bridgehead atoms. The van der Waals surface area contributed by atoms with Crippen molar-refractivity contribution in [3.63, 3.8) is 0 Å². The van der Waals surface area contributed by atoms with E-state index in [0.717, 1.165) is 18.2 Å². The number of aliphatic carboxylic acids is 3. The van der Waals surface area contributed by atoms with Crippen LogP contribution in [0.3, 0.4) is 0 Å². The lowest BCUT2D eigenvalue weighted by Crippen LogP contribution is -2.22. The summed E-state index contributed by atoms with van der Waals surface area (Å²) in [6, 6.07) is 0. The zero-order chi connectivity index (χ0) is 18.4. The molecule has 3 unspecified atom stereocenters. The summed E-state index contributed by atoms with van der Waals surface area (Å²) >= 11 is 0. The second-order valence-corrected chi connectivity index (χ2v) is 4.56. The third-order valence-corrected chi connectivity index (χ3v) is 3.03. The van der Waals surface area contributed by atoms with E-state index in [1.165, 1.54) is 0 Å². The van der Waals surface area contributed by atoms with Crippen LogP contribution in [-0.4, -0.2) is 48.2 Å². The Morgan fingerprint density at radius 1 is 0.667 bits per heavy atom. The van der Waals surface area contributed by atoms with E-state index >= 15 is 0 Å². The van der Waals surface area contributed by atoms with Gasteiger partial charge < -0.3 is 15.3 Å². The van der Waals surface area contributed by atoms with Gasteiger partial charge in [0.15, 0.2) is 17.5 Å². The van der Waals surface area contributed by atoms with Crippen LogP contribution in [0.5, 0.6) is 0 Å². The molecule has 9 heteroatoms. The number of carboxylic acids is 3. The van der Waals surface area contributed by atoms with Gasteiger partial charge in [0.1, 0.15) is 17.8 Å². The van der Waals surface area contributed by atoms with Crippen LogP contribution < -0.4 is 0 Å². The third-order valence-electron chi connectivity index (χ3n) is 3.03. The molecule has 1 aromatic rings. The summed E-state index contributed by atoms with van der Waals surface area (Å²) in [6.07, 6.45) is 3.12. The highest BCUT2D eigenvalue weighted by molar-refractivity contribution is 5.79. The first kappa shape index (κ1) is 18.7. The fourth-order valence-electron chi connectivity index (χ4n) is 1.79. The number of nitrogens with zero attached hydrogens (tertiary/aromatic N) is 3. The molecule has 0 radical (unpaired) electrons. The minimum absolute atomic E-state index is 0.321. The average Bonchev–Trinajstić information content (AvgIpc) is 2.48. The molecule has 3 N–H and O–H groups in total. The zero-order valence-electron chi connectivity index (χ0n) is 12.5. The third kappa shape index (κ3) is 3.88. The van der Waals surface area contributed by atoms with Crippen molar-refractivity contribution < 1.29 is 29.7 Å². The van der Waals surface area contributed by atoms with Crippen molar-refractivity contribution in [3.8, 4) is 0 Å². The molecule has 1 heterocycles. The molecule has 1 rings (SSSR count). The van der Waals surface area contributed by atoms with Crippen molar-refractivity contribution in [1.29, 1.82) is 0 Å². The minimum Gasteiger partial charge on any atom is -0.480 e. The van der Waals surface area contributed by atoms with E-state index in [4.69, 9.17) is 0 Å². The molecule has 9 nitrogen and oxygen atoms in total. The molecule has 0 saturated carbocycles. The second kappa shape index (κ2) is 7.77. The molecule has 0 amide bonds. The van der Waals surface area contributed by atoms with E-state index in [-0.39, 0.29) is 17.5 Å². The maximum absolute atomic E-state index is 11.3. The SMILES string of the molecule is C=CC(C(=O)O)c1nc(C(C=C)C(=O)O)nc(C(C=C)C(=O)O)n1. The highest BCUT2D eigenvalue weighted by atomic mass is 16.4. The molecule has 0 aliphatic rings. The fraction of sp³-hybridized carbons (Fsp3) is 0.200. The first-order valence-corrected chi connectivity index (χ1v) is 6.58.